The molecular formula is C21H24NO2S+. The van der Waals surface area contributed by atoms with E-state index in [4.69, 9.17) is 9.47 Å². The van der Waals surface area contributed by atoms with E-state index in [2.05, 4.69) is 47.1 Å². The molecule has 2 aromatic carbocycles. The number of nitrogens with two attached hydrogens (primary N) is 1. The molecule has 0 atom stereocenters. The zero-order valence-electron chi connectivity index (χ0n) is 14.5. The molecule has 4 heteroatoms. The van der Waals surface area contributed by atoms with Gasteiger partial charge in [0.25, 0.3) is 0 Å². The van der Waals surface area contributed by atoms with E-state index in [1.807, 2.05) is 31.2 Å². The van der Waals surface area contributed by atoms with E-state index in [0.717, 1.165) is 30.2 Å². The number of hydrogen-bond donors (Lipinski definition) is 1. The molecule has 0 aliphatic heterocycles. The summed E-state index contributed by atoms with van der Waals surface area (Å²) in [6.07, 6.45) is 0. The topological polar surface area (TPSA) is 35.1 Å². The van der Waals surface area contributed by atoms with Gasteiger partial charge in [0.15, 0.2) is 11.5 Å². The Morgan fingerprint density at radius 1 is 0.840 bits per heavy atom. The highest BCUT2D eigenvalue weighted by Crippen LogP contribution is 2.29. The molecule has 1 heterocycles. The Labute approximate surface area is 153 Å². The minimum Gasteiger partial charge on any atom is -0.490 e. The Morgan fingerprint density at radius 3 is 2.48 bits per heavy atom. The van der Waals surface area contributed by atoms with Gasteiger partial charge in [-0.15, -0.1) is 11.3 Å². The van der Waals surface area contributed by atoms with Gasteiger partial charge in [0.1, 0.15) is 19.7 Å². The molecule has 0 spiro atoms. The number of hydrogen-bond acceptors (Lipinski definition) is 3. The number of thiophene rings is 1. The van der Waals surface area contributed by atoms with Crippen molar-refractivity contribution in [2.24, 2.45) is 0 Å². The van der Waals surface area contributed by atoms with Crippen molar-refractivity contribution in [1.82, 2.24) is 0 Å². The van der Waals surface area contributed by atoms with Crippen molar-refractivity contribution in [3.8, 4) is 11.5 Å². The first-order chi connectivity index (χ1) is 12.3. The largest absolute Gasteiger partial charge is 0.490 e. The van der Waals surface area contributed by atoms with Crippen LogP contribution in [-0.4, -0.2) is 6.61 Å². The predicted octanol–water partition coefficient (Wildman–Crippen LogP) is 3.99. The maximum atomic E-state index is 5.96. The molecule has 1 aromatic heterocycles. The van der Waals surface area contributed by atoms with Crippen molar-refractivity contribution in [3.63, 3.8) is 0 Å². The van der Waals surface area contributed by atoms with Gasteiger partial charge in [-0.1, -0.05) is 36.4 Å². The lowest BCUT2D eigenvalue weighted by atomic mass is 10.2. The lowest BCUT2D eigenvalue weighted by Crippen LogP contribution is -2.80. The van der Waals surface area contributed by atoms with Gasteiger partial charge in [0, 0.05) is 5.56 Å². The van der Waals surface area contributed by atoms with Crippen molar-refractivity contribution in [1.29, 1.82) is 0 Å². The summed E-state index contributed by atoms with van der Waals surface area (Å²) < 4.78 is 11.7. The molecule has 0 aliphatic rings. The average molecular weight is 354 g/mol. The van der Waals surface area contributed by atoms with Gasteiger partial charge in [0.05, 0.1) is 11.5 Å². The number of rotatable bonds is 9. The summed E-state index contributed by atoms with van der Waals surface area (Å²) in [4.78, 5) is 1.40. The first-order valence-corrected chi connectivity index (χ1v) is 9.49. The monoisotopic (exact) mass is 354 g/mol. The van der Waals surface area contributed by atoms with Gasteiger partial charge >= 0.3 is 0 Å². The zero-order valence-corrected chi connectivity index (χ0v) is 15.3. The second-order valence-corrected chi connectivity index (χ2v) is 6.80. The average Bonchev–Trinajstić information content (AvgIpc) is 3.16. The fourth-order valence-electron chi connectivity index (χ4n) is 2.61. The molecule has 25 heavy (non-hydrogen) atoms. The Bertz CT molecular complexity index is 757. The molecule has 0 saturated carbocycles. The summed E-state index contributed by atoms with van der Waals surface area (Å²) in [6, 6.07) is 20.7. The van der Waals surface area contributed by atoms with Gasteiger partial charge in [-0.2, -0.15) is 0 Å². The fourth-order valence-corrected chi connectivity index (χ4v) is 3.32. The van der Waals surface area contributed by atoms with Crippen LogP contribution >= 0.6 is 11.3 Å². The predicted molar refractivity (Wildman–Crippen MR) is 102 cm³/mol. The molecule has 0 radical (unpaired) electrons. The van der Waals surface area contributed by atoms with Crippen molar-refractivity contribution in [3.05, 3.63) is 82.0 Å². The van der Waals surface area contributed by atoms with Crippen LogP contribution in [0.1, 0.15) is 22.9 Å². The highest BCUT2D eigenvalue weighted by atomic mass is 32.1. The summed E-state index contributed by atoms with van der Waals surface area (Å²) in [5.74, 6) is 1.62. The summed E-state index contributed by atoms with van der Waals surface area (Å²) in [7, 11) is 0. The highest BCUT2D eigenvalue weighted by Gasteiger charge is 2.08. The van der Waals surface area contributed by atoms with Crippen LogP contribution in [0.2, 0.25) is 0 Å². The van der Waals surface area contributed by atoms with Crippen LogP contribution in [0, 0.1) is 0 Å². The molecule has 0 amide bonds. The molecule has 3 rings (SSSR count). The van der Waals surface area contributed by atoms with E-state index in [-0.39, 0.29) is 0 Å². The van der Waals surface area contributed by atoms with Crippen LogP contribution in [0.4, 0.5) is 0 Å². The van der Waals surface area contributed by atoms with Crippen molar-refractivity contribution < 1.29 is 14.8 Å². The van der Waals surface area contributed by atoms with Gasteiger partial charge in [0.2, 0.25) is 0 Å². The zero-order chi connectivity index (χ0) is 17.3. The van der Waals surface area contributed by atoms with Gasteiger partial charge in [-0.05, 0) is 42.1 Å². The van der Waals surface area contributed by atoms with Crippen molar-refractivity contribution in [2.45, 2.75) is 26.6 Å². The van der Waals surface area contributed by atoms with Crippen molar-refractivity contribution in [2.75, 3.05) is 6.61 Å². The Kier molecular flexibility index (Phi) is 6.48. The molecule has 0 fully saturated rings. The smallest absolute Gasteiger partial charge is 0.161 e. The van der Waals surface area contributed by atoms with Crippen LogP contribution in [0.3, 0.4) is 0 Å². The highest BCUT2D eigenvalue weighted by molar-refractivity contribution is 7.09. The van der Waals surface area contributed by atoms with Crippen LogP contribution in [0.15, 0.2) is 66.0 Å². The third kappa shape index (κ3) is 5.34. The minimum absolute atomic E-state index is 0.546. The molecule has 0 bridgehead atoms. The maximum Gasteiger partial charge on any atom is 0.161 e. The SMILES string of the molecule is CCOc1cc(C[NH2+]Cc2cccs2)ccc1OCc1ccccc1. The lowest BCUT2D eigenvalue weighted by molar-refractivity contribution is -0.685. The fraction of sp³-hybridized carbons (Fsp3) is 0.238. The summed E-state index contributed by atoms with van der Waals surface area (Å²) in [5, 5.41) is 4.43. The van der Waals surface area contributed by atoms with E-state index in [0.29, 0.717) is 13.2 Å². The van der Waals surface area contributed by atoms with Gasteiger partial charge < -0.3 is 14.8 Å². The number of quaternary nitrogens is 1. The number of ether oxygens (including phenoxy) is 2. The summed E-state index contributed by atoms with van der Waals surface area (Å²) >= 11 is 1.80. The first kappa shape index (κ1) is 17.5. The quantitative estimate of drug-likeness (QED) is 0.631. The van der Waals surface area contributed by atoms with E-state index >= 15 is 0 Å². The third-order valence-corrected chi connectivity index (χ3v) is 4.75. The standard InChI is InChI=1S/C21H23NO2S/c1-2-23-21-13-18(14-22-15-19-9-6-12-25-19)10-11-20(21)24-16-17-7-4-3-5-8-17/h3-13,22H,2,14-16H2,1H3/p+1. The normalized spacial score (nSPS) is 10.6. The number of benzene rings is 2. The summed E-state index contributed by atoms with van der Waals surface area (Å²) in [5.41, 5.74) is 2.39. The van der Waals surface area contributed by atoms with Crippen LogP contribution in [0.5, 0.6) is 11.5 Å². The molecule has 130 valence electrons. The molecule has 3 nitrogen and oxygen atoms in total. The molecule has 2 N–H and O–H groups in total. The minimum atomic E-state index is 0.546. The maximum absolute atomic E-state index is 5.96. The lowest BCUT2D eigenvalue weighted by Gasteiger charge is -2.13. The Hall–Kier alpha value is -2.30. The summed E-state index contributed by atoms with van der Waals surface area (Å²) in [6.45, 7) is 5.11. The van der Waals surface area contributed by atoms with Gasteiger partial charge in [-0.25, -0.2) is 0 Å². The molecule has 0 unspecified atom stereocenters. The van der Waals surface area contributed by atoms with Crippen molar-refractivity contribution >= 4 is 11.3 Å². The molecule has 3 aromatic rings. The van der Waals surface area contributed by atoms with E-state index in [9.17, 15) is 0 Å². The second kappa shape index (κ2) is 9.25. The third-order valence-electron chi connectivity index (χ3n) is 3.85. The van der Waals surface area contributed by atoms with Crippen LogP contribution in [-0.2, 0) is 19.7 Å². The Balaban J connectivity index is 1.60. The van der Waals surface area contributed by atoms with E-state index in [1.54, 1.807) is 11.3 Å². The van der Waals surface area contributed by atoms with Gasteiger partial charge in [-0.3, -0.25) is 0 Å². The second-order valence-electron chi connectivity index (χ2n) is 5.76. The molecule has 0 aliphatic carbocycles. The van der Waals surface area contributed by atoms with Crippen LogP contribution < -0.4 is 14.8 Å². The van der Waals surface area contributed by atoms with Crippen LogP contribution in [0.25, 0.3) is 0 Å². The molecular weight excluding hydrogens is 330 g/mol. The first-order valence-electron chi connectivity index (χ1n) is 8.61. The molecule has 0 saturated heterocycles. The van der Waals surface area contributed by atoms with E-state index in [1.165, 1.54) is 10.4 Å². The Morgan fingerprint density at radius 2 is 1.72 bits per heavy atom. The van der Waals surface area contributed by atoms with E-state index < -0.39 is 0 Å².